The van der Waals surface area contributed by atoms with Crippen LogP contribution in [0.25, 0.3) is 0 Å². The largest absolute Gasteiger partial charge is 0.462 e. The van der Waals surface area contributed by atoms with E-state index in [0.717, 1.165) is 6.42 Å². The molecule has 24 heavy (non-hydrogen) atoms. The number of aromatic nitrogens is 2. The number of benzene rings is 1. The fraction of sp³-hybridized carbons (Fsp3) is 0.294. The number of para-hydroxylation sites is 1. The zero-order chi connectivity index (χ0) is 17.4. The highest BCUT2D eigenvalue weighted by Gasteiger charge is 2.13. The number of hydrogen-bond acceptors (Lipinski definition) is 6. The number of esters is 1. The van der Waals surface area contributed by atoms with Gasteiger partial charge < -0.3 is 15.4 Å². The molecular formula is C17H20N4O3. The lowest BCUT2D eigenvalue weighted by Gasteiger charge is -2.11. The Labute approximate surface area is 140 Å². The minimum absolute atomic E-state index is 0.259. The first-order valence-electron chi connectivity index (χ1n) is 7.79. The highest BCUT2D eigenvalue weighted by Crippen LogP contribution is 2.20. The van der Waals surface area contributed by atoms with Crippen molar-refractivity contribution in [3.63, 3.8) is 0 Å². The molecular weight excluding hydrogens is 308 g/mol. The van der Waals surface area contributed by atoms with Crippen molar-refractivity contribution in [2.24, 2.45) is 0 Å². The number of anilines is 2. The van der Waals surface area contributed by atoms with Crippen LogP contribution in [0, 0.1) is 0 Å². The molecule has 7 nitrogen and oxygen atoms in total. The maximum absolute atomic E-state index is 12.0. The van der Waals surface area contributed by atoms with Gasteiger partial charge in [-0.05, 0) is 25.5 Å². The monoisotopic (exact) mass is 328 g/mol. The summed E-state index contributed by atoms with van der Waals surface area (Å²) < 4.78 is 5.04. The first-order chi connectivity index (χ1) is 11.7. The molecule has 0 atom stereocenters. The number of rotatable bonds is 7. The van der Waals surface area contributed by atoms with Gasteiger partial charge in [0.2, 0.25) is 0 Å². The zero-order valence-corrected chi connectivity index (χ0v) is 13.7. The van der Waals surface area contributed by atoms with E-state index in [-0.39, 0.29) is 11.6 Å². The average Bonchev–Trinajstić information content (AvgIpc) is 2.60. The van der Waals surface area contributed by atoms with Crippen LogP contribution in [-0.2, 0) is 4.74 Å². The summed E-state index contributed by atoms with van der Waals surface area (Å²) in [6.45, 7) is 4.60. The Hall–Kier alpha value is -2.96. The molecule has 1 heterocycles. The van der Waals surface area contributed by atoms with E-state index in [2.05, 4.69) is 20.6 Å². The fourth-order valence-electron chi connectivity index (χ4n) is 2.00. The van der Waals surface area contributed by atoms with E-state index in [1.54, 1.807) is 31.2 Å². The summed E-state index contributed by atoms with van der Waals surface area (Å²) in [5, 5.41) is 5.79. The molecule has 0 saturated carbocycles. The predicted molar refractivity (Wildman–Crippen MR) is 90.3 cm³/mol. The molecule has 2 N–H and O–H groups in total. The molecule has 2 rings (SSSR count). The van der Waals surface area contributed by atoms with E-state index < -0.39 is 5.97 Å². The molecule has 126 valence electrons. The Morgan fingerprint density at radius 2 is 1.96 bits per heavy atom. The van der Waals surface area contributed by atoms with Gasteiger partial charge in [-0.3, -0.25) is 4.79 Å². The Balaban J connectivity index is 2.20. The second-order valence-corrected chi connectivity index (χ2v) is 4.94. The summed E-state index contributed by atoms with van der Waals surface area (Å²) in [5.41, 5.74) is 1.21. The Morgan fingerprint density at radius 3 is 2.71 bits per heavy atom. The van der Waals surface area contributed by atoms with Gasteiger partial charge in [-0.2, -0.15) is 0 Å². The van der Waals surface area contributed by atoms with Crippen molar-refractivity contribution >= 4 is 23.4 Å². The topological polar surface area (TPSA) is 93.2 Å². The smallest absolute Gasteiger partial charge is 0.340 e. The van der Waals surface area contributed by atoms with E-state index in [0.29, 0.717) is 30.2 Å². The number of ether oxygens (including phenoxy) is 1. The molecule has 7 heteroatoms. The molecule has 0 bridgehead atoms. The minimum atomic E-state index is -0.421. The van der Waals surface area contributed by atoms with Crippen molar-refractivity contribution in [3.8, 4) is 0 Å². The summed E-state index contributed by atoms with van der Waals surface area (Å²) in [7, 11) is 0. The van der Waals surface area contributed by atoms with Gasteiger partial charge in [-0.1, -0.05) is 19.1 Å². The molecule has 1 aromatic carbocycles. The molecule has 0 aliphatic carbocycles. The summed E-state index contributed by atoms with van der Waals surface area (Å²) in [5.74, 6) is -0.264. The number of nitrogens with one attached hydrogen (secondary N) is 2. The molecule has 1 aromatic heterocycles. The van der Waals surface area contributed by atoms with Crippen LogP contribution >= 0.6 is 0 Å². The quantitative estimate of drug-likeness (QED) is 0.759. The van der Waals surface area contributed by atoms with E-state index in [1.165, 1.54) is 12.4 Å². The molecule has 2 aromatic rings. The van der Waals surface area contributed by atoms with Crippen molar-refractivity contribution in [2.45, 2.75) is 20.3 Å². The van der Waals surface area contributed by atoms with E-state index in [4.69, 9.17) is 4.74 Å². The third-order valence-electron chi connectivity index (χ3n) is 3.12. The second-order valence-electron chi connectivity index (χ2n) is 4.94. The van der Waals surface area contributed by atoms with Crippen LogP contribution in [0.2, 0.25) is 0 Å². The van der Waals surface area contributed by atoms with Crippen molar-refractivity contribution in [3.05, 3.63) is 47.9 Å². The summed E-state index contributed by atoms with van der Waals surface area (Å²) in [6, 6.07) is 8.48. The summed E-state index contributed by atoms with van der Waals surface area (Å²) in [4.78, 5) is 32.0. The third-order valence-corrected chi connectivity index (χ3v) is 3.12. The van der Waals surface area contributed by atoms with Gasteiger partial charge in [-0.25, -0.2) is 14.8 Å². The summed E-state index contributed by atoms with van der Waals surface area (Å²) in [6.07, 6.45) is 2.14. The SMILES string of the molecule is CCCNC(=O)c1cc(Nc2ccccc2C(=O)OCC)ncn1. The van der Waals surface area contributed by atoms with Crippen molar-refractivity contribution < 1.29 is 14.3 Å². The van der Waals surface area contributed by atoms with Gasteiger partial charge in [0, 0.05) is 12.6 Å². The van der Waals surface area contributed by atoms with Gasteiger partial charge in [0.05, 0.1) is 17.9 Å². The number of carbonyl (C=O) groups excluding carboxylic acids is 2. The fourth-order valence-corrected chi connectivity index (χ4v) is 2.00. The Morgan fingerprint density at radius 1 is 1.17 bits per heavy atom. The molecule has 0 aliphatic heterocycles. The highest BCUT2D eigenvalue weighted by atomic mass is 16.5. The molecule has 0 spiro atoms. The average molecular weight is 328 g/mol. The van der Waals surface area contributed by atoms with Crippen LogP contribution in [0.3, 0.4) is 0 Å². The van der Waals surface area contributed by atoms with Gasteiger partial charge in [0.15, 0.2) is 0 Å². The predicted octanol–water partition coefficient (Wildman–Crippen LogP) is 2.54. The minimum Gasteiger partial charge on any atom is -0.462 e. The molecule has 1 amide bonds. The number of nitrogens with zero attached hydrogens (tertiary/aromatic N) is 2. The lowest BCUT2D eigenvalue weighted by Crippen LogP contribution is -2.25. The lowest BCUT2D eigenvalue weighted by molar-refractivity contribution is 0.0527. The molecule has 0 unspecified atom stereocenters. The standard InChI is InChI=1S/C17H20N4O3/c1-3-9-18-16(22)14-10-15(20-11-19-14)21-13-8-6-5-7-12(13)17(23)24-4-2/h5-8,10-11H,3-4,9H2,1-2H3,(H,18,22)(H,19,20,21). The molecule has 0 fully saturated rings. The Bertz CT molecular complexity index is 718. The van der Waals surface area contributed by atoms with Crippen LogP contribution in [0.15, 0.2) is 36.7 Å². The van der Waals surface area contributed by atoms with Crippen LogP contribution < -0.4 is 10.6 Å². The lowest BCUT2D eigenvalue weighted by atomic mass is 10.2. The first-order valence-corrected chi connectivity index (χ1v) is 7.79. The van der Waals surface area contributed by atoms with E-state index in [9.17, 15) is 9.59 Å². The van der Waals surface area contributed by atoms with Gasteiger partial charge >= 0.3 is 5.97 Å². The van der Waals surface area contributed by atoms with Gasteiger partial charge in [0.1, 0.15) is 17.8 Å². The van der Waals surface area contributed by atoms with Crippen molar-refractivity contribution in [1.29, 1.82) is 0 Å². The second kappa shape index (κ2) is 8.61. The van der Waals surface area contributed by atoms with Crippen LogP contribution in [0.5, 0.6) is 0 Å². The molecule has 0 aliphatic rings. The van der Waals surface area contributed by atoms with Gasteiger partial charge in [-0.15, -0.1) is 0 Å². The van der Waals surface area contributed by atoms with Gasteiger partial charge in [0.25, 0.3) is 5.91 Å². The zero-order valence-electron chi connectivity index (χ0n) is 13.7. The van der Waals surface area contributed by atoms with Crippen molar-refractivity contribution in [1.82, 2.24) is 15.3 Å². The van der Waals surface area contributed by atoms with Crippen LogP contribution in [0.1, 0.15) is 41.1 Å². The van der Waals surface area contributed by atoms with Crippen LogP contribution in [0.4, 0.5) is 11.5 Å². The number of amides is 1. The van der Waals surface area contributed by atoms with Crippen LogP contribution in [-0.4, -0.2) is 35.0 Å². The highest BCUT2D eigenvalue weighted by molar-refractivity contribution is 5.97. The molecule has 0 saturated heterocycles. The number of carbonyl (C=O) groups is 2. The van der Waals surface area contributed by atoms with Crippen molar-refractivity contribution in [2.75, 3.05) is 18.5 Å². The number of hydrogen-bond donors (Lipinski definition) is 2. The third kappa shape index (κ3) is 4.52. The normalized spacial score (nSPS) is 10.1. The summed E-state index contributed by atoms with van der Waals surface area (Å²) >= 11 is 0. The maximum Gasteiger partial charge on any atom is 0.340 e. The first kappa shape index (κ1) is 17.4. The maximum atomic E-state index is 12.0. The Kier molecular flexibility index (Phi) is 6.24. The van der Waals surface area contributed by atoms with E-state index >= 15 is 0 Å². The molecule has 0 radical (unpaired) electrons. The van der Waals surface area contributed by atoms with E-state index in [1.807, 2.05) is 6.92 Å².